The Bertz CT molecular complexity index is 1110. The predicted molar refractivity (Wildman–Crippen MR) is 111 cm³/mol. The number of fused-ring (bicyclic) bond motifs is 2. The molecule has 2 atom stereocenters. The van der Waals surface area contributed by atoms with Crippen molar-refractivity contribution in [1.82, 2.24) is 4.98 Å². The van der Waals surface area contributed by atoms with Crippen molar-refractivity contribution in [3.63, 3.8) is 0 Å². The van der Waals surface area contributed by atoms with E-state index in [9.17, 15) is 19.2 Å². The van der Waals surface area contributed by atoms with E-state index in [0.29, 0.717) is 17.1 Å². The van der Waals surface area contributed by atoms with Gasteiger partial charge in [0.25, 0.3) is 0 Å². The van der Waals surface area contributed by atoms with E-state index in [1.165, 1.54) is 11.8 Å². The summed E-state index contributed by atoms with van der Waals surface area (Å²) < 4.78 is 16.7. The van der Waals surface area contributed by atoms with E-state index in [0.717, 1.165) is 53.7 Å². The number of aliphatic hydroxyl groups excluding tert-OH is 1. The molecule has 1 heterocycles. The van der Waals surface area contributed by atoms with Gasteiger partial charge in [0.1, 0.15) is 14.8 Å². The van der Waals surface area contributed by atoms with Gasteiger partial charge < -0.3 is 15.5 Å². The number of urea groups is 1. The Hall–Kier alpha value is -1.85. The van der Waals surface area contributed by atoms with Gasteiger partial charge in [-0.05, 0) is 62.6 Å². The maximum atomic E-state index is 12.9. The Morgan fingerprint density at radius 2 is 2.14 bits per heavy atom. The number of rotatable bonds is 3. The molecule has 29 heavy (non-hydrogen) atoms. The molecule has 4 rings (SSSR count). The summed E-state index contributed by atoms with van der Waals surface area (Å²) in [6, 6.07) is 1.31. The molecular weight excluding hydrogens is 412 g/mol. The van der Waals surface area contributed by atoms with Crippen LogP contribution in [-0.4, -0.2) is 25.4 Å². The lowest BCUT2D eigenvalue weighted by Crippen LogP contribution is -2.18. The van der Waals surface area contributed by atoms with Crippen molar-refractivity contribution in [2.24, 2.45) is 9.50 Å². The highest BCUT2D eigenvalue weighted by atomic mass is 32.2. The van der Waals surface area contributed by atoms with E-state index in [1.807, 2.05) is 0 Å². The van der Waals surface area contributed by atoms with Crippen LogP contribution in [0.25, 0.3) is 0 Å². The van der Waals surface area contributed by atoms with Gasteiger partial charge in [0.2, 0.25) is 0 Å². The number of anilines is 1. The monoisotopic (exact) mass is 436 g/mol. The Morgan fingerprint density at radius 1 is 1.38 bits per heavy atom. The molecule has 0 fully saturated rings. The number of carbonyl (C=O) groups excluding carboxylic acids is 1. The van der Waals surface area contributed by atoms with Gasteiger partial charge >= 0.3 is 6.03 Å². The molecule has 0 saturated carbocycles. The Balaban J connectivity index is 1.67. The number of amides is 2. The van der Waals surface area contributed by atoms with Crippen molar-refractivity contribution in [1.29, 1.82) is 0 Å². The first-order valence-electron chi connectivity index (χ1n) is 9.46. The standard InChI is InChI=1S/C19H24N4O4S2/c1-19(2,26)17-21-9-14(28-17)29(20,27)23-18(25)22-16-12-5-3-4-10(12)8-11-6-7-13(24)15(11)16/h8-9,13,24,26H,3-7H2,1-2H3,(H3,20,22,23,25,27)/t13?,29-/m0/s1. The van der Waals surface area contributed by atoms with Crippen molar-refractivity contribution in [2.45, 2.75) is 61.9 Å². The van der Waals surface area contributed by atoms with Crippen molar-refractivity contribution in [3.8, 4) is 0 Å². The fraction of sp³-hybridized carbons (Fsp3) is 0.474. The first-order chi connectivity index (χ1) is 13.6. The fourth-order valence-corrected chi connectivity index (χ4v) is 6.03. The number of aliphatic hydroxyl groups is 2. The third-order valence-corrected chi connectivity index (χ3v) is 8.48. The second-order valence-electron chi connectivity index (χ2n) is 8.00. The number of nitrogens with two attached hydrogens (primary N) is 1. The molecule has 0 spiro atoms. The molecule has 8 nitrogen and oxygen atoms in total. The third kappa shape index (κ3) is 3.82. The molecule has 2 aliphatic carbocycles. The molecule has 5 N–H and O–H groups in total. The molecule has 156 valence electrons. The molecular formula is C19H24N4O4S2. The van der Waals surface area contributed by atoms with Crippen LogP contribution < -0.4 is 10.5 Å². The minimum absolute atomic E-state index is 0.119. The largest absolute Gasteiger partial charge is 0.388 e. The van der Waals surface area contributed by atoms with Crippen LogP contribution in [0.15, 0.2) is 20.8 Å². The van der Waals surface area contributed by atoms with Gasteiger partial charge in [0.05, 0.1) is 18.0 Å². The summed E-state index contributed by atoms with van der Waals surface area (Å²) in [7, 11) is -3.52. The van der Waals surface area contributed by atoms with Crippen molar-refractivity contribution < 1.29 is 19.2 Å². The van der Waals surface area contributed by atoms with Gasteiger partial charge in [-0.25, -0.2) is 19.1 Å². The number of aryl methyl sites for hydroxylation is 2. The van der Waals surface area contributed by atoms with Crippen LogP contribution in [0.2, 0.25) is 0 Å². The van der Waals surface area contributed by atoms with E-state index < -0.39 is 27.7 Å². The van der Waals surface area contributed by atoms with Gasteiger partial charge in [0.15, 0.2) is 9.92 Å². The summed E-state index contributed by atoms with van der Waals surface area (Å²) >= 11 is 0.960. The van der Waals surface area contributed by atoms with Crippen LogP contribution in [-0.2, 0) is 34.8 Å². The minimum Gasteiger partial charge on any atom is -0.388 e. The second-order valence-corrected chi connectivity index (χ2v) is 11.1. The molecule has 2 amide bonds. The quantitative estimate of drug-likeness (QED) is 0.586. The van der Waals surface area contributed by atoms with Crippen LogP contribution in [0, 0.1) is 0 Å². The lowest BCUT2D eigenvalue weighted by molar-refractivity contribution is 0.0783. The van der Waals surface area contributed by atoms with Crippen LogP contribution in [0.1, 0.15) is 60.1 Å². The maximum absolute atomic E-state index is 12.9. The molecule has 0 bridgehead atoms. The molecule has 0 saturated heterocycles. The summed E-state index contributed by atoms with van der Waals surface area (Å²) in [5, 5.41) is 29.4. The highest BCUT2D eigenvalue weighted by Crippen LogP contribution is 2.43. The zero-order valence-corrected chi connectivity index (χ0v) is 17.9. The van der Waals surface area contributed by atoms with Crippen LogP contribution in [0.5, 0.6) is 0 Å². The maximum Gasteiger partial charge on any atom is 0.354 e. The number of nitrogens with one attached hydrogen (secondary N) is 1. The van der Waals surface area contributed by atoms with Crippen LogP contribution >= 0.6 is 11.3 Å². The summed E-state index contributed by atoms with van der Waals surface area (Å²) in [6.45, 7) is 3.11. The Labute approximate surface area is 173 Å². The normalized spacial score (nSPS) is 20.1. The Kier molecular flexibility index (Phi) is 5.02. The van der Waals surface area contributed by atoms with E-state index in [4.69, 9.17) is 5.14 Å². The van der Waals surface area contributed by atoms with E-state index in [2.05, 4.69) is 20.7 Å². The third-order valence-electron chi connectivity index (χ3n) is 5.29. The van der Waals surface area contributed by atoms with E-state index >= 15 is 0 Å². The highest BCUT2D eigenvalue weighted by molar-refractivity contribution is 7.93. The summed E-state index contributed by atoms with van der Waals surface area (Å²) in [4.78, 5) is 16.7. The van der Waals surface area contributed by atoms with E-state index in [-0.39, 0.29) is 4.21 Å². The zero-order chi connectivity index (χ0) is 21.0. The lowest BCUT2D eigenvalue weighted by atomic mass is 9.98. The number of hydrogen-bond donors (Lipinski definition) is 4. The number of hydrogen-bond acceptors (Lipinski definition) is 6. The highest BCUT2D eigenvalue weighted by Gasteiger charge is 2.30. The van der Waals surface area contributed by atoms with Crippen LogP contribution in [0.3, 0.4) is 0 Å². The average molecular weight is 437 g/mol. The topological polar surface area (TPSA) is 138 Å². The number of aromatic nitrogens is 1. The summed E-state index contributed by atoms with van der Waals surface area (Å²) in [6.07, 6.45) is 4.76. The smallest absolute Gasteiger partial charge is 0.354 e. The minimum atomic E-state index is -3.52. The Morgan fingerprint density at radius 3 is 2.83 bits per heavy atom. The molecule has 1 aromatic heterocycles. The van der Waals surface area contributed by atoms with Crippen LogP contribution in [0.4, 0.5) is 10.5 Å². The molecule has 0 radical (unpaired) electrons. The van der Waals surface area contributed by atoms with Crippen molar-refractivity contribution in [2.75, 3.05) is 5.32 Å². The first kappa shape index (κ1) is 20.4. The second kappa shape index (κ2) is 7.13. The number of thiazole rings is 1. The molecule has 1 unspecified atom stereocenters. The summed E-state index contributed by atoms with van der Waals surface area (Å²) in [5.41, 5.74) is 3.35. The fourth-order valence-electron chi connectivity index (χ4n) is 3.97. The van der Waals surface area contributed by atoms with Gasteiger partial charge in [-0.1, -0.05) is 6.07 Å². The van der Waals surface area contributed by atoms with Gasteiger partial charge in [0, 0.05) is 5.56 Å². The molecule has 1 aromatic carbocycles. The van der Waals surface area contributed by atoms with Gasteiger partial charge in [-0.3, -0.25) is 0 Å². The van der Waals surface area contributed by atoms with Crippen molar-refractivity contribution in [3.05, 3.63) is 39.5 Å². The number of carbonyl (C=O) groups is 1. The number of nitrogens with zero attached hydrogens (tertiary/aromatic N) is 2. The number of benzene rings is 1. The summed E-state index contributed by atoms with van der Waals surface area (Å²) in [5.74, 6) is 0. The average Bonchev–Trinajstić information content (AvgIpc) is 3.33. The SMILES string of the molecule is CC(C)(O)c1ncc([S@@](N)(=O)=NC(=O)Nc2c3c(cc4c2C(O)CC4)CCC3)s1. The van der Waals surface area contributed by atoms with Gasteiger partial charge in [-0.2, -0.15) is 0 Å². The molecule has 10 heteroatoms. The van der Waals surface area contributed by atoms with Gasteiger partial charge in [-0.15, -0.1) is 15.7 Å². The predicted octanol–water partition coefficient (Wildman–Crippen LogP) is 2.77. The molecule has 0 aliphatic heterocycles. The molecule has 2 aliphatic rings. The lowest BCUT2D eigenvalue weighted by Gasteiger charge is -2.17. The molecule has 2 aromatic rings. The van der Waals surface area contributed by atoms with E-state index in [1.54, 1.807) is 13.8 Å². The first-order valence-corrected chi connectivity index (χ1v) is 11.9. The van der Waals surface area contributed by atoms with Crippen molar-refractivity contribution >= 4 is 33.0 Å². The zero-order valence-electron chi connectivity index (χ0n) is 16.3.